The van der Waals surface area contributed by atoms with Gasteiger partial charge in [0.25, 0.3) is 0 Å². The quantitative estimate of drug-likeness (QED) is 0.581. The van der Waals surface area contributed by atoms with E-state index in [0.29, 0.717) is 25.9 Å². The Morgan fingerprint density at radius 1 is 0.952 bits per heavy atom. The van der Waals surface area contributed by atoms with Crippen LogP contribution in [0.1, 0.15) is 5.56 Å². The van der Waals surface area contributed by atoms with E-state index in [0.717, 1.165) is 13.0 Å². The Balaban J connectivity index is 1.86. The summed E-state index contributed by atoms with van der Waals surface area (Å²) in [7, 11) is 0. The predicted molar refractivity (Wildman–Crippen MR) is 95.8 cm³/mol. The van der Waals surface area contributed by atoms with Crippen molar-refractivity contribution in [3.8, 4) is 0 Å². The fraction of sp³-hybridized carbons (Fsp3) is 0.133. The molecule has 2 N–H and O–H groups in total. The number of nitrogens with one attached hydrogen (secondary N) is 2. The normalized spacial score (nSPS) is 10.2. The van der Waals surface area contributed by atoms with Crippen LogP contribution in [0.4, 0.5) is 5.69 Å². The molecule has 0 atom stereocenters. The minimum absolute atomic E-state index is 0.412. The summed E-state index contributed by atoms with van der Waals surface area (Å²) in [5, 5.41) is 7.94. The third-order valence-electron chi connectivity index (χ3n) is 2.80. The van der Waals surface area contributed by atoms with Gasteiger partial charge in [-0.3, -0.25) is 0 Å². The molecule has 6 heteroatoms. The van der Waals surface area contributed by atoms with E-state index in [1.165, 1.54) is 5.56 Å². The van der Waals surface area contributed by atoms with Gasteiger partial charge in [-0.2, -0.15) is 0 Å². The van der Waals surface area contributed by atoms with E-state index in [9.17, 15) is 0 Å². The maximum atomic E-state index is 6.08. The van der Waals surface area contributed by atoms with Crippen molar-refractivity contribution in [2.24, 2.45) is 0 Å². The molecule has 0 aromatic heterocycles. The highest BCUT2D eigenvalue weighted by atomic mass is 35.5. The molecule has 0 saturated heterocycles. The van der Waals surface area contributed by atoms with E-state index in [-0.39, 0.29) is 0 Å². The van der Waals surface area contributed by atoms with Crippen molar-refractivity contribution in [3.05, 3.63) is 63.1 Å². The lowest BCUT2D eigenvalue weighted by molar-refractivity contribution is 0.873. The molecule has 0 spiro atoms. The van der Waals surface area contributed by atoms with E-state index >= 15 is 0 Å². The van der Waals surface area contributed by atoms with Crippen LogP contribution in [-0.2, 0) is 6.42 Å². The Bertz CT molecular complexity index is 632. The average molecular weight is 360 g/mol. The predicted octanol–water partition coefficient (Wildman–Crippen LogP) is 5.18. The SMILES string of the molecule is S=C(NCCc1ccccc1)Nc1cc(Cl)c(Cl)cc1Cl. The molecule has 2 rings (SSSR count). The van der Waals surface area contributed by atoms with Crippen LogP contribution in [0.2, 0.25) is 15.1 Å². The van der Waals surface area contributed by atoms with Crippen LogP contribution in [-0.4, -0.2) is 11.7 Å². The van der Waals surface area contributed by atoms with Gasteiger partial charge in [-0.25, -0.2) is 0 Å². The van der Waals surface area contributed by atoms with Crippen molar-refractivity contribution < 1.29 is 0 Å². The molecule has 0 unspecified atom stereocenters. The van der Waals surface area contributed by atoms with Gasteiger partial charge in [0.15, 0.2) is 5.11 Å². The summed E-state index contributed by atoms with van der Waals surface area (Å²) in [6.07, 6.45) is 0.887. The van der Waals surface area contributed by atoms with Crippen molar-refractivity contribution in [3.63, 3.8) is 0 Å². The van der Waals surface area contributed by atoms with E-state index in [1.54, 1.807) is 12.1 Å². The number of hydrogen-bond acceptors (Lipinski definition) is 1. The molecule has 2 nitrogen and oxygen atoms in total. The largest absolute Gasteiger partial charge is 0.362 e. The molecule has 0 radical (unpaired) electrons. The van der Waals surface area contributed by atoms with Gasteiger partial charge in [0, 0.05) is 6.54 Å². The number of thiocarbonyl (C=S) groups is 1. The van der Waals surface area contributed by atoms with Gasteiger partial charge in [0.1, 0.15) is 0 Å². The van der Waals surface area contributed by atoms with Crippen molar-refractivity contribution >= 4 is 57.8 Å². The molecule has 0 aliphatic carbocycles. The Morgan fingerprint density at radius 2 is 1.62 bits per heavy atom. The molecule has 2 aromatic carbocycles. The number of anilines is 1. The average Bonchev–Trinajstić information content (AvgIpc) is 2.46. The fourth-order valence-corrected chi connectivity index (χ4v) is 2.56. The summed E-state index contributed by atoms with van der Waals surface area (Å²) in [4.78, 5) is 0. The van der Waals surface area contributed by atoms with Crippen LogP contribution < -0.4 is 10.6 Å². The van der Waals surface area contributed by atoms with E-state index < -0.39 is 0 Å². The third kappa shape index (κ3) is 5.04. The van der Waals surface area contributed by atoms with Crippen molar-refractivity contribution in [1.82, 2.24) is 5.32 Å². The van der Waals surface area contributed by atoms with Crippen LogP contribution >= 0.6 is 47.0 Å². The first-order valence-electron chi connectivity index (χ1n) is 6.29. The van der Waals surface area contributed by atoms with Crippen LogP contribution in [0, 0.1) is 0 Å². The fourth-order valence-electron chi connectivity index (χ4n) is 1.75. The molecule has 0 bridgehead atoms. The Hall–Kier alpha value is -1.000. The lowest BCUT2D eigenvalue weighted by atomic mass is 10.1. The number of benzene rings is 2. The van der Waals surface area contributed by atoms with Gasteiger partial charge in [-0.05, 0) is 36.3 Å². The van der Waals surface area contributed by atoms with Crippen molar-refractivity contribution in [2.75, 3.05) is 11.9 Å². The van der Waals surface area contributed by atoms with Gasteiger partial charge < -0.3 is 10.6 Å². The zero-order valence-corrected chi connectivity index (χ0v) is 14.1. The highest BCUT2D eigenvalue weighted by Crippen LogP contribution is 2.32. The standard InChI is InChI=1S/C15H13Cl3N2S/c16-11-8-13(18)14(9-12(11)17)20-15(21)19-7-6-10-4-2-1-3-5-10/h1-5,8-9H,6-7H2,(H2,19,20,21). The monoisotopic (exact) mass is 358 g/mol. The molecule has 0 saturated carbocycles. The van der Waals surface area contributed by atoms with E-state index in [4.69, 9.17) is 47.0 Å². The Kier molecular flexibility index (Phi) is 6.12. The summed E-state index contributed by atoms with van der Waals surface area (Å²) in [6, 6.07) is 13.4. The van der Waals surface area contributed by atoms with Crippen LogP contribution in [0.3, 0.4) is 0 Å². The van der Waals surface area contributed by atoms with Crippen LogP contribution in [0.25, 0.3) is 0 Å². The minimum atomic E-state index is 0.412. The number of rotatable bonds is 4. The Morgan fingerprint density at radius 3 is 2.33 bits per heavy atom. The first kappa shape index (κ1) is 16.4. The first-order chi connectivity index (χ1) is 10.1. The molecule has 0 heterocycles. The lowest BCUT2D eigenvalue weighted by Crippen LogP contribution is -2.30. The summed E-state index contributed by atoms with van der Waals surface area (Å²) in [5.74, 6) is 0. The van der Waals surface area contributed by atoms with Crippen molar-refractivity contribution in [1.29, 1.82) is 0 Å². The summed E-state index contributed by atoms with van der Waals surface area (Å²) in [6.45, 7) is 0.731. The number of halogens is 3. The van der Waals surface area contributed by atoms with E-state index in [1.807, 2.05) is 18.2 Å². The highest BCUT2D eigenvalue weighted by molar-refractivity contribution is 7.80. The molecule has 21 heavy (non-hydrogen) atoms. The Labute approximate surface area is 144 Å². The summed E-state index contributed by atoms with van der Waals surface area (Å²) < 4.78 is 0. The van der Waals surface area contributed by atoms with Gasteiger partial charge in [0.2, 0.25) is 0 Å². The zero-order valence-electron chi connectivity index (χ0n) is 11.0. The maximum Gasteiger partial charge on any atom is 0.170 e. The molecular weight excluding hydrogens is 347 g/mol. The molecule has 0 fully saturated rings. The molecule has 110 valence electrons. The van der Waals surface area contributed by atoms with Gasteiger partial charge in [-0.1, -0.05) is 65.1 Å². The van der Waals surface area contributed by atoms with E-state index in [2.05, 4.69) is 22.8 Å². The summed E-state index contributed by atoms with van der Waals surface area (Å²) >= 11 is 23.2. The third-order valence-corrected chi connectivity index (χ3v) is 4.08. The second kappa shape index (κ2) is 7.85. The highest BCUT2D eigenvalue weighted by Gasteiger charge is 2.07. The minimum Gasteiger partial charge on any atom is -0.362 e. The topological polar surface area (TPSA) is 24.1 Å². The van der Waals surface area contributed by atoms with Gasteiger partial charge in [0.05, 0.1) is 20.8 Å². The molecule has 0 amide bonds. The molecule has 0 aliphatic rings. The zero-order chi connectivity index (χ0) is 15.2. The lowest BCUT2D eigenvalue weighted by Gasteiger charge is -2.12. The second-order valence-corrected chi connectivity index (χ2v) is 5.99. The first-order valence-corrected chi connectivity index (χ1v) is 7.84. The second-order valence-electron chi connectivity index (χ2n) is 4.36. The number of hydrogen-bond donors (Lipinski definition) is 2. The summed E-state index contributed by atoms with van der Waals surface area (Å²) in [5.41, 5.74) is 1.88. The molecule has 0 aliphatic heterocycles. The van der Waals surface area contributed by atoms with Crippen LogP contribution in [0.15, 0.2) is 42.5 Å². The smallest absolute Gasteiger partial charge is 0.170 e. The van der Waals surface area contributed by atoms with Gasteiger partial charge in [-0.15, -0.1) is 0 Å². The molecule has 2 aromatic rings. The molecular formula is C15H13Cl3N2S. The maximum absolute atomic E-state index is 6.08. The van der Waals surface area contributed by atoms with Crippen LogP contribution in [0.5, 0.6) is 0 Å². The van der Waals surface area contributed by atoms with Gasteiger partial charge >= 0.3 is 0 Å². The van der Waals surface area contributed by atoms with Crippen molar-refractivity contribution in [2.45, 2.75) is 6.42 Å².